The Morgan fingerprint density at radius 3 is 2.05 bits per heavy atom. The molecule has 0 fully saturated rings. The summed E-state index contributed by atoms with van der Waals surface area (Å²) >= 11 is 0. The molecule has 3 nitrogen and oxygen atoms in total. The number of aromatic nitrogens is 2. The van der Waals surface area contributed by atoms with Crippen molar-refractivity contribution in [1.82, 2.24) is 9.97 Å². The molecule has 0 aliphatic heterocycles. The van der Waals surface area contributed by atoms with Crippen molar-refractivity contribution in [1.29, 1.82) is 0 Å². The zero-order valence-corrected chi connectivity index (χ0v) is 35.6. The number of aryl methyl sites for hydroxylation is 4. The Hall–Kier alpha value is -5.15. The van der Waals surface area contributed by atoms with Gasteiger partial charge in [0.05, 0.1) is 5.58 Å². The molecule has 1 radical (unpaired) electrons. The first-order chi connectivity index (χ1) is 33.5. The van der Waals surface area contributed by atoms with Crippen LogP contribution in [0.25, 0.3) is 66.7 Å². The molecule has 0 saturated heterocycles. The van der Waals surface area contributed by atoms with Gasteiger partial charge in [0.2, 0.25) is 0 Å². The molecule has 5 aromatic carbocycles. The predicted molar refractivity (Wildman–Crippen MR) is 240 cm³/mol. The van der Waals surface area contributed by atoms with E-state index in [4.69, 9.17) is 26.3 Å². The van der Waals surface area contributed by atoms with Crippen molar-refractivity contribution in [2.45, 2.75) is 81.7 Å². The molecule has 297 valence electrons. The van der Waals surface area contributed by atoms with Gasteiger partial charge in [0, 0.05) is 59.8 Å². The van der Waals surface area contributed by atoms with Crippen LogP contribution in [0.1, 0.15) is 96.9 Å². The average Bonchev–Trinajstić information content (AvgIpc) is 3.68. The number of rotatable bonds is 6. The molecule has 0 aliphatic carbocycles. The monoisotopic (exact) mass is 955 g/mol. The summed E-state index contributed by atoms with van der Waals surface area (Å²) in [5.74, 6) is 0. The molecule has 0 N–H and O–H groups in total. The molecule has 3 aromatic heterocycles. The minimum Gasteiger partial charge on any atom is -0.501 e. The van der Waals surface area contributed by atoms with E-state index in [9.17, 15) is 0 Å². The summed E-state index contributed by atoms with van der Waals surface area (Å²) in [6.07, 6.45) is -0.605. The quantitative estimate of drug-likeness (QED) is 0.156. The first kappa shape index (κ1) is 26.1. The van der Waals surface area contributed by atoms with Crippen molar-refractivity contribution in [2.75, 3.05) is 0 Å². The van der Waals surface area contributed by atoms with Crippen LogP contribution in [0.15, 0.2) is 126 Å². The number of fused-ring (bicyclic) bond motifs is 3. The standard InChI is InChI=1S/C37H34NO.C17H20N.Ir/c1-23-18-26(21-37(4,5)6)14-16-28(23)27-15-17-29(24(2)19-27)33-20-34(38-22-25(33)3)32-12-9-11-31-30-10-7-8-13-35(30)39-36(31)32;1-13-5-8-15(9-6-13)16-10-7-14(12-18-16)11-17(2,3)4;/h7-11,13-20,22H,21H2,1-6H3;5-8,10,12H,11H2,1-4H3;/q2*-1;/i1D3,2D3,3D3,21D2;1D3,11D2;. The van der Waals surface area contributed by atoms with Crippen molar-refractivity contribution in [2.24, 2.45) is 10.8 Å². The summed E-state index contributed by atoms with van der Waals surface area (Å²) in [6, 6.07) is 35.6. The smallest absolute Gasteiger partial charge is 0.120 e. The third-order valence-corrected chi connectivity index (χ3v) is 9.03. The number of nitrogens with zero attached hydrogens (tertiary/aromatic N) is 2. The van der Waals surface area contributed by atoms with Crippen LogP contribution in [0.4, 0.5) is 0 Å². The normalized spacial score (nSPS) is 17.1. The van der Waals surface area contributed by atoms with E-state index in [1.165, 1.54) is 54.9 Å². The van der Waals surface area contributed by atoms with E-state index in [0.29, 0.717) is 39.2 Å². The molecular formula is C54H54IrN2O-2. The summed E-state index contributed by atoms with van der Waals surface area (Å²) in [7, 11) is 0. The maximum atomic E-state index is 8.71. The molecule has 3 heterocycles. The van der Waals surface area contributed by atoms with Gasteiger partial charge in [-0.25, -0.2) is 0 Å². The zero-order valence-electron chi connectivity index (χ0n) is 49.2. The molecule has 0 atom stereocenters. The Balaban J connectivity index is 0.000000312. The molecule has 0 spiro atoms. The van der Waals surface area contributed by atoms with Crippen LogP contribution in [0.5, 0.6) is 0 Å². The molecule has 0 amide bonds. The molecule has 58 heavy (non-hydrogen) atoms. The van der Waals surface area contributed by atoms with E-state index in [1.807, 2.05) is 51.1 Å². The average molecular weight is 955 g/mol. The summed E-state index contributed by atoms with van der Waals surface area (Å²) in [4.78, 5) is 8.79. The van der Waals surface area contributed by atoms with Crippen molar-refractivity contribution < 1.29 is 46.5 Å². The number of pyridine rings is 2. The van der Waals surface area contributed by atoms with Crippen molar-refractivity contribution in [3.63, 3.8) is 0 Å². The first-order valence-electron chi connectivity index (χ1n) is 26.6. The second-order valence-corrected chi connectivity index (χ2v) is 16.0. The molecule has 0 unspecified atom stereocenters. The minimum absolute atomic E-state index is 0. The van der Waals surface area contributed by atoms with E-state index >= 15 is 0 Å². The second-order valence-electron chi connectivity index (χ2n) is 16.0. The van der Waals surface area contributed by atoms with Gasteiger partial charge in [0.1, 0.15) is 5.58 Å². The van der Waals surface area contributed by atoms with E-state index in [1.54, 1.807) is 57.2 Å². The molecular weight excluding hydrogens is 885 g/mol. The van der Waals surface area contributed by atoms with Gasteiger partial charge in [-0.3, -0.25) is 0 Å². The molecule has 8 rings (SSSR count). The fourth-order valence-electron chi connectivity index (χ4n) is 6.59. The molecule has 4 heteroatoms. The Kier molecular flexibility index (Phi) is 7.80. The van der Waals surface area contributed by atoms with Crippen LogP contribution in [-0.4, -0.2) is 9.97 Å². The number of hydrogen-bond donors (Lipinski definition) is 0. The van der Waals surface area contributed by atoms with Crippen LogP contribution in [-0.2, 0) is 32.9 Å². The van der Waals surface area contributed by atoms with Crippen LogP contribution < -0.4 is 0 Å². The van der Waals surface area contributed by atoms with Crippen LogP contribution in [0.3, 0.4) is 0 Å². The van der Waals surface area contributed by atoms with Gasteiger partial charge in [-0.15, -0.1) is 53.6 Å². The second kappa shape index (κ2) is 17.4. The first-order valence-corrected chi connectivity index (χ1v) is 18.6. The van der Waals surface area contributed by atoms with Gasteiger partial charge in [0.15, 0.2) is 0 Å². The number of benzene rings is 5. The Labute approximate surface area is 381 Å². The van der Waals surface area contributed by atoms with Gasteiger partial charge in [0.25, 0.3) is 0 Å². The van der Waals surface area contributed by atoms with Crippen molar-refractivity contribution in [3.8, 4) is 44.8 Å². The third kappa shape index (κ3) is 9.92. The van der Waals surface area contributed by atoms with Crippen LogP contribution >= 0.6 is 0 Å². The van der Waals surface area contributed by atoms with Crippen LogP contribution in [0.2, 0.25) is 0 Å². The topological polar surface area (TPSA) is 38.9 Å². The Morgan fingerprint density at radius 1 is 0.621 bits per heavy atom. The van der Waals surface area contributed by atoms with Crippen LogP contribution in [0, 0.1) is 50.4 Å². The summed E-state index contributed by atoms with van der Waals surface area (Å²) < 4.78 is 137. The predicted octanol–water partition coefficient (Wildman–Crippen LogP) is 14.7. The van der Waals surface area contributed by atoms with Gasteiger partial charge >= 0.3 is 0 Å². The largest absolute Gasteiger partial charge is 0.501 e. The minimum atomic E-state index is -2.74. The molecule has 0 aliphatic rings. The maximum Gasteiger partial charge on any atom is 0.120 e. The fourth-order valence-corrected chi connectivity index (χ4v) is 6.59. The Morgan fingerprint density at radius 2 is 1.34 bits per heavy atom. The van der Waals surface area contributed by atoms with Crippen molar-refractivity contribution >= 4 is 21.9 Å². The van der Waals surface area contributed by atoms with Gasteiger partial charge in [-0.2, -0.15) is 0 Å². The zero-order chi connectivity index (χ0) is 54.1. The molecule has 8 aromatic rings. The SMILES string of the molecule is [2H]C([2H])([2H])c1c[c-]c(-c2ccc(C([2H])([2H])C(C)(C)C)cn2)cc1.[2H]C([2H])([2H])c1cc(C([2H])([2H])C(C)(C)C)ccc1-c1ccc(-c2cc(-c3[c-]ccc4c3oc3ccccc34)ncc2C([2H])([2H])[2H])c(C([2H])([2H])[2H])c1.[Ir]. The maximum absolute atomic E-state index is 8.71. The third-order valence-electron chi connectivity index (χ3n) is 9.03. The van der Waals surface area contributed by atoms with E-state index in [2.05, 4.69) is 22.1 Å². The summed E-state index contributed by atoms with van der Waals surface area (Å²) in [5.41, 5.74) is 3.10. The van der Waals surface area contributed by atoms with Gasteiger partial charge in [-0.05, 0) is 112 Å². The van der Waals surface area contributed by atoms with Gasteiger partial charge in [-0.1, -0.05) is 132 Å². The van der Waals surface area contributed by atoms with Gasteiger partial charge < -0.3 is 14.4 Å². The Bertz CT molecular complexity index is 3300. The fraction of sp³-hybridized carbons (Fsp3) is 0.259. The molecule has 0 bridgehead atoms. The number of hydrogen-bond acceptors (Lipinski definition) is 3. The molecule has 0 saturated carbocycles. The van der Waals surface area contributed by atoms with E-state index < -0.39 is 51.0 Å². The number of para-hydroxylation sites is 1. The van der Waals surface area contributed by atoms with Crippen molar-refractivity contribution in [3.05, 3.63) is 167 Å². The van der Waals surface area contributed by atoms with E-state index in [-0.39, 0.29) is 70.2 Å². The summed E-state index contributed by atoms with van der Waals surface area (Å²) in [6.45, 7) is 0.536. The summed E-state index contributed by atoms with van der Waals surface area (Å²) in [5, 5.41) is 1.70. The van der Waals surface area contributed by atoms with E-state index in [0.717, 1.165) is 10.8 Å². The number of furan rings is 1.